The molecule has 19 heavy (non-hydrogen) atoms. The first kappa shape index (κ1) is 12.2. The molecule has 0 heterocycles. The van der Waals surface area contributed by atoms with E-state index in [2.05, 4.69) is 37.3 Å². The van der Waals surface area contributed by atoms with Gasteiger partial charge in [-0.05, 0) is 36.0 Å². The molecule has 1 aliphatic rings. The molecule has 2 aromatic carbocycles. The summed E-state index contributed by atoms with van der Waals surface area (Å²) in [6.07, 6.45) is 1.07. The molecule has 2 aromatic rings. The maximum Gasteiger partial charge on any atom is 0.160 e. The first-order valence-corrected chi connectivity index (χ1v) is 6.86. The molecule has 0 bridgehead atoms. The molecule has 0 saturated carbocycles. The third-order valence-electron chi connectivity index (χ3n) is 4.16. The van der Waals surface area contributed by atoms with E-state index in [9.17, 15) is 4.79 Å². The maximum atomic E-state index is 11.9. The summed E-state index contributed by atoms with van der Waals surface area (Å²) in [5.41, 5.74) is 4.82. The highest BCUT2D eigenvalue weighted by atomic mass is 16.1. The normalized spacial score (nSPS) is 21.2. The Kier molecular flexibility index (Phi) is 2.98. The predicted octanol–water partition coefficient (Wildman–Crippen LogP) is 4.21. The van der Waals surface area contributed by atoms with E-state index in [1.807, 2.05) is 18.2 Å². The molecular weight excluding hydrogens is 232 g/mol. The van der Waals surface area contributed by atoms with Crippen molar-refractivity contribution in [3.05, 3.63) is 70.8 Å². The molecular formula is C18H18O. The zero-order chi connectivity index (χ0) is 13.4. The number of Topliss-reactive ketones (excluding diaryl/α,β-unsaturated/α-hetero) is 1. The zero-order valence-electron chi connectivity index (χ0n) is 11.4. The molecule has 1 heteroatoms. The van der Waals surface area contributed by atoms with Crippen LogP contribution in [0.4, 0.5) is 0 Å². The predicted molar refractivity (Wildman–Crippen MR) is 77.6 cm³/mol. The van der Waals surface area contributed by atoms with Crippen LogP contribution in [-0.2, 0) is 6.42 Å². The van der Waals surface area contributed by atoms with Gasteiger partial charge in [0.15, 0.2) is 5.78 Å². The van der Waals surface area contributed by atoms with Crippen molar-refractivity contribution >= 4 is 5.78 Å². The molecule has 3 rings (SSSR count). The van der Waals surface area contributed by atoms with Gasteiger partial charge in [0.25, 0.3) is 0 Å². The number of carbonyl (C=O) groups excluding carboxylic acids is 1. The van der Waals surface area contributed by atoms with Crippen molar-refractivity contribution < 1.29 is 4.79 Å². The second kappa shape index (κ2) is 4.65. The molecule has 0 aromatic heterocycles. The highest BCUT2D eigenvalue weighted by molar-refractivity contribution is 5.96. The summed E-state index contributed by atoms with van der Waals surface area (Å²) in [6, 6.07) is 16.7. The Labute approximate surface area is 114 Å². The number of hydrogen-bond acceptors (Lipinski definition) is 1. The second-order valence-corrected chi connectivity index (χ2v) is 5.50. The Morgan fingerprint density at radius 1 is 1.05 bits per heavy atom. The van der Waals surface area contributed by atoms with Crippen LogP contribution in [0.15, 0.2) is 48.5 Å². The van der Waals surface area contributed by atoms with Crippen LogP contribution in [0.2, 0.25) is 0 Å². The molecule has 0 amide bonds. The number of benzene rings is 2. The molecule has 0 fully saturated rings. The summed E-state index contributed by atoms with van der Waals surface area (Å²) in [5, 5.41) is 0. The standard InChI is InChI=1S/C18H18O/c1-12-11-15-9-6-10-16(13(2)19)18(15)17(12)14-7-4-3-5-8-14/h3-10,12,17H,11H2,1-2H3/t12-,17-/m0/s1. The van der Waals surface area contributed by atoms with Crippen LogP contribution >= 0.6 is 0 Å². The van der Waals surface area contributed by atoms with Crippen LogP contribution in [-0.4, -0.2) is 5.78 Å². The smallest absolute Gasteiger partial charge is 0.160 e. The van der Waals surface area contributed by atoms with Gasteiger partial charge in [0.2, 0.25) is 0 Å². The average molecular weight is 250 g/mol. The Balaban J connectivity index is 2.18. The van der Waals surface area contributed by atoms with E-state index in [1.165, 1.54) is 16.7 Å². The molecule has 96 valence electrons. The van der Waals surface area contributed by atoms with E-state index < -0.39 is 0 Å². The van der Waals surface area contributed by atoms with Gasteiger partial charge in [-0.15, -0.1) is 0 Å². The largest absolute Gasteiger partial charge is 0.295 e. The Morgan fingerprint density at radius 3 is 2.47 bits per heavy atom. The number of hydrogen-bond donors (Lipinski definition) is 0. The van der Waals surface area contributed by atoms with Crippen molar-refractivity contribution in [2.24, 2.45) is 5.92 Å². The summed E-state index contributed by atoms with van der Waals surface area (Å²) < 4.78 is 0. The van der Waals surface area contributed by atoms with Crippen molar-refractivity contribution in [3.63, 3.8) is 0 Å². The van der Waals surface area contributed by atoms with Gasteiger partial charge in [0.1, 0.15) is 0 Å². The van der Waals surface area contributed by atoms with E-state index >= 15 is 0 Å². The van der Waals surface area contributed by atoms with Crippen molar-refractivity contribution in [3.8, 4) is 0 Å². The van der Waals surface area contributed by atoms with Crippen LogP contribution in [0.3, 0.4) is 0 Å². The zero-order valence-corrected chi connectivity index (χ0v) is 11.4. The lowest BCUT2D eigenvalue weighted by atomic mass is 9.84. The first-order valence-electron chi connectivity index (χ1n) is 6.86. The van der Waals surface area contributed by atoms with Gasteiger partial charge < -0.3 is 0 Å². The van der Waals surface area contributed by atoms with Gasteiger partial charge in [0, 0.05) is 11.5 Å². The fourth-order valence-corrected chi connectivity index (χ4v) is 3.37. The fraction of sp³-hybridized carbons (Fsp3) is 0.278. The monoisotopic (exact) mass is 250 g/mol. The molecule has 0 saturated heterocycles. The number of rotatable bonds is 2. The minimum absolute atomic E-state index is 0.173. The summed E-state index contributed by atoms with van der Waals surface area (Å²) in [7, 11) is 0. The lowest BCUT2D eigenvalue weighted by molar-refractivity contribution is 0.101. The molecule has 0 unspecified atom stereocenters. The van der Waals surface area contributed by atoms with Crippen molar-refractivity contribution in [1.29, 1.82) is 0 Å². The quantitative estimate of drug-likeness (QED) is 0.729. The van der Waals surface area contributed by atoms with Crippen LogP contribution < -0.4 is 0 Å². The summed E-state index contributed by atoms with van der Waals surface area (Å²) in [6.45, 7) is 3.95. The number of carbonyl (C=O) groups is 1. The topological polar surface area (TPSA) is 17.1 Å². The number of fused-ring (bicyclic) bond motifs is 1. The average Bonchev–Trinajstić information content (AvgIpc) is 2.75. The summed E-state index contributed by atoms with van der Waals surface area (Å²) >= 11 is 0. The fourth-order valence-electron chi connectivity index (χ4n) is 3.37. The molecule has 0 spiro atoms. The molecule has 1 nitrogen and oxygen atoms in total. The van der Waals surface area contributed by atoms with Crippen LogP contribution in [0.1, 0.15) is 46.8 Å². The minimum Gasteiger partial charge on any atom is -0.295 e. The lowest BCUT2D eigenvalue weighted by Crippen LogP contribution is -2.09. The van der Waals surface area contributed by atoms with Gasteiger partial charge >= 0.3 is 0 Å². The molecule has 0 radical (unpaired) electrons. The van der Waals surface area contributed by atoms with E-state index in [0.717, 1.165) is 12.0 Å². The summed E-state index contributed by atoms with van der Waals surface area (Å²) in [5.74, 6) is 1.08. The van der Waals surface area contributed by atoms with E-state index in [4.69, 9.17) is 0 Å². The Hall–Kier alpha value is -1.89. The van der Waals surface area contributed by atoms with Crippen LogP contribution in [0, 0.1) is 5.92 Å². The SMILES string of the molecule is CC(=O)c1cccc2c1[C@H](c1ccccc1)[C@@H](C)C2. The highest BCUT2D eigenvalue weighted by Gasteiger charge is 2.33. The maximum absolute atomic E-state index is 11.9. The molecule has 2 atom stereocenters. The van der Waals surface area contributed by atoms with Gasteiger partial charge in [-0.3, -0.25) is 4.79 Å². The lowest BCUT2D eigenvalue weighted by Gasteiger charge is -2.19. The van der Waals surface area contributed by atoms with E-state index in [-0.39, 0.29) is 5.78 Å². The third-order valence-corrected chi connectivity index (χ3v) is 4.16. The molecule has 1 aliphatic carbocycles. The van der Waals surface area contributed by atoms with E-state index in [1.54, 1.807) is 6.92 Å². The van der Waals surface area contributed by atoms with Crippen LogP contribution in [0.5, 0.6) is 0 Å². The van der Waals surface area contributed by atoms with Gasteiger partial charge in [-0.1, -0.05) is 55.5 Å². The van der Waals surface area contributed by atoms with Gasteiger partial charge in [-0.2, -0.15) is 0 Å². The minimum atomic E-state index is 0.173. The van der Waals surface area contributed by atoms with Crippen molar-refractivity contribution in [2.45, 2.75) is 26.2 Å². The Morgan fingerprint density at radius 2 is 1.79 bits per heavy atom. The molecule has 0 aliphatic heterocycles. The first-order chi connectivity index (χ1) is 9.18. The highest BCUT2D eigenvalue weighted by Crippen LogP contribution is 2.43. The van der Waals surface area contributed by atoms with Gasteiger partial charge in [-0.25, -0.2) is 0 Å². The van der Waals surface area contributed by atoms with Crippen molar-refractivity contribution in [2.75, 3.05) is 0 Å². The van der Waals surface area contributed by atoms with Crippen molar-refractivity contribution in [1.82, 2.24) is 0 Å². The Bertz CT molecular complexity index is 613. The third kappa shape index (κ3) is 1.99. The second-order valence-electron chi connectivity index (χ2n) is 5.50. The van der Waals surface area contributed by atoms with Crippen LogP contribution in [0.25, 0.3) is 0 Å². The van der Waals surface area contributed by atoms with E-state index in [0.29, 0.717) is 11.8 Å². The molecule has 0 N–H and O–H groups in total. The number of ketones is 1. The van der Waals surface area contributed by atoms with Gasteiger partial charge in [0.05, 0.1) is 0 Å². The summed E-state index contributed by atoms with van der Waals surface area (Å²) in [4.78, 5) is 11.9.